The molecule has 1 aromatic heterocycles. The number of carbonyl (C=O) groups excluding carboxylic acids is 1. The summed E-state index contributed by atoms with van der Waals surface area (Å²) in [7, 11) is 0. The van der Waals surface area contributed by atoms with E-state index in [-0.39, 0.29) is 11.8 Å². The minimum atomic E-state index is 0.0388. The zero-order chi connectivity index (χ0) is 20.9. The number of benzene rings is 1. The van der Waals surface area contributed by atoms with Crippen LogP contribution in [-0.2, 0) is 6.54 Å². The highest BCUT2D eigenvalue weighted by Gasteiger charge is 2.25. The van der Waals surface area contributed by atoms with Crippen molar-refractivity contribution >= 4 is 11.9 Å². The Morgan fingerprint density at radius 2 is 1.63 bits per heavy atom. The molecule has 6 heteroatoms. The van der Waals surface area contributed by atoms with Gasteiger partial charge >= 0.3 is 0 Å². The Kier molecular flexibility index (Phi) is 6.62. The third kappa shape index (κ3) is 4.98. The molecule has 30 heavy (non-hydrogen) atoms. The molecule has 0 aliphatic carbocycles. The first-order chi connectivity index (χ1) is 14.6. The fourth-order valence-corrected chi connectivity index (χ4v) is 4.21. The van der Waals surface area contributed by atoms with Crippen LogP contribution in [0.15, 0.2) is 36.4 Å². The molecule has 2 aliphatic rings. The lowest BCUT2D eigenvalue weighted by Crippen LogP contribution is -2.48. The first-order valence-corrected chi connectivity index (χ1v) is 11.3. The number of carbonyl (C=O) groups is 1. The zero-order valence-corrected chi connectivity index (χ0v) is 18.3. The van der Waals surface area contributed by atoms with Gasteiger partial charge in [0.05, 0.1) is 0 Å². The molecule has 3 heterocycles. The summed E-state index contributed by atoms with van der Waals surface area (Å²) < 4.78 is 0. The maximum absolute atomic E-state index is 13.3. The number of aromatic nitrogens is 2. The van der Waals surface area contributed by atoms with Gasteiger partial charge in [-0.25, -0.2) is 9.97 Å². The van der Waals surface area contributed by atoms with Crippen LogP contribution in [0.3, 0.4) is 0 Å². The highest BCUT2D eigenvalue weighted by Crippen LogP contribution is 2.21. The Hall–Kier alpha value is -2.47. The monoisotopic (exact) mass is 407 g/mol. The van der Waals surface area contributed by atoms with E-state index in [0.717, 1.165) is 57.5 Å². The third-order valence-corrected chi connectivity index (χ3v) is 6.09. The lowest BCUT2D eigenvalue weighted by atomic mass is 10.1. The molecule has 1 aromatic carbocycles. The van der Waals surface area contributed by atoms with Crippen LogP contribution in [0.5, 0.6) is 0 Å². The standard InChI is InChI=1S/C24H33N5O/c1-19(2)21-17-22(26-24(25-21)29-11-7-4-8-12-29)23(30)28-15-13-27(14-16-28)18-20-9-5-3-6-10-20/h3,5-6,9-10,17,19H,4,7-8,11-16,18H2,1-2H3. The third-order valence-electron chi connectivity index (χ3n) is 6.09. The van der Waals surface area contributed by atoms with Crippen molar-refractivity contribution in [2.24, 2.45) is 0 Å². The van der Waals surface area contributed by atoms with Gasteiger partial charge in [0.2, 0.25) is 5.95 Å². The highest BCUT2D eigenvalue weighted by molar-refractivity contribution is 5.92. The van der Waals surface area contributed by atoms with E-state index >= 15 is 0 Å². The average molecular weight is 408 g/mol. The predicted molar refractivity (Wildman–Crippen MR) is 120 cm³/mol. The number of anilines is 1. The maximum atomic E-state index is 13.3. The van der Waals surface area contributed by atoms with Crippen LogP contribution in [0.4, 0.5) is 5.95 Å². The summed E-state index contributed by atoms with van der Waals surface area (Å²) in [6.45, 7) is 10.4. The van der Waals surface area contributed by atoms with Crippen molar-refractivity contribution in [3.8, 4) is 0 Å². The van der Waals surface area contributed by atoms with Gasteiger partial charge in [-0.2, -0.15) is 0 Å². The minimum absolute atomic E-state index is 0.0388. The van der Waals surface area contributed by atoms with Gasteiger partial charge in [-0.3, -0.25) is 9.69 Å². The molecule has 2 saturated heterocycles. The SMILES string of the molecule is CC(C)c1cc(C(=O)N2CCN(Cc3ccccc3)CC2)nc(N2CCCCC2)n1. The Labute approximate surface area is 179 Å². The first kappa shape index (κ1) is 20.8. The van der Waals surface area contributed by atoms with E-state index in [4.69, 9.17) is 9.97 Å². The molecule has 0 unspecified atom stereocenters. The second-order valence-electron chi connectivity index (χ2n) is 8.73. The number of hydrogen-bond acceptors (Lipinski definition) is 5. The molecular weight excluding hydrogens is 374 g/mol. The van der Waals surface area contributed by atoms with Gasteiger partial charge in [-0.05, 0) is 36.8 Å². The molecule has 2 aliphatic heterocycles. The molecule has 0 spiro atoms. The number of amides is 1. The first-order valence-electron chi connectivity index (χ1n) is 11.3. The van der Waals surface area contributed by atoms with Gasteiger partial charge in [-0.15, -0.1) is 0 Å². The molecule has 160 valence electrons. The molecule has 4 rings (SSSR count). The largest absolute Gasteiger partial charge is 0.341 e. The van der Waals surface area contributed by atoms with Crippen molar-refractivity contribution in [3.05, 3.63) is 53.3 Å². The van der Waals surface area contributed by atoms with Crippen molar-refractivity contribution in [3.63, 3.8) is 0 Å². The van der Waals surface area contributed by atoms with Gasteiger partial charge in [-0.1, -0.05) is 44.2 Å². The topological polar surface area (TPSA) is 52.6 Å². The molecule has 0 saturated carbocycles. The van der Waals surface area contributed by atoms with Crippen LogP contribution >= 0.6 is 0 Å². The van der Waals surface area contributed by atoms with Crippen molar-refractivity contribution in [1.29, 1.82) is 0 Å². The van der Waals surface area contributed by atoms with Crippen molar-refractivity contribution in [1.82, 2.24) is 19.8 Å². The zero-order valence-electron chi connectivity index (χ0n) is 18.3. The second-order valence-corrected chi connectivity index (χ2v) is 8.73. The molecule has 6 nitrogen and oxygen atoms in total. The van der Waals surface area contributed by atoms with E-state index in [0.29, 0.717) is 5.69 Å². The Morgan fingerprint density at radius 1 is 0.933 bits per heavy atom. The summed E-state index contributed by atoms with van der Waals surface area (Å²) in [5.74, 6) is 1.04. The molecule has 2 fully saturated rings. The normalized spacial score (nSPS) is 18.1. The molecule has 0 atom stereocenters. The molecule has 0 N–H and O–H groups in total. The van der Waals surface area contributed by atoms with Crippen molar-refractivity contribution in [2.45, 2.75) is 45.6 Å². The van der Waals surface area contributed by atoms with Crippen LogP contribution in [0.2, 0.25) is 0 Å². The lowest BCUT2D eigenvalue weighted by molar-refractivity contribution is 0.0622. The Balaban J connectivity index is 1.44. The Bertz CT molecular complexity index is 840. The molecule has 2 aromatic rings. The quantitative estimate of drug-likeness (QED) is 0.759. The van der Waals surface area contributed by atoms with E-state index in [1.807, 2.05) is 17.0 Å². The summed E-state index contributed by atoms with van der Waals surface area (Å²) in [6, 6.07) is 12.4. The number of nitrogens with zero attached hydrogens (tertiary/aromatic N) is 5. The molecular formula is C24H33N5O. The second kappa shape index (κ2) is 9.56. The average Bonchev–Trinajstić information content (AvgIpc) is 2.80. The predicted octanol–water partition coefficient (Wildman–Crippen LogP) is 3.55. The van der Waals surface area contributed by atoms with Gasteiger partial charge < -0.3 is 9.80 Å². The molecule has 0 radical (unpaired) electrons. The summed E-state index contributed by atoms with van der Waals surface area (Å²) in [5.41, 5.74) is 2.82. The lowest BCUT2D eigenvalue weighted by Gasteiger charge is -2.35. The summed E-state index contributed by atoms with van der Waals surface area (Å²) in [4.78, 5) is 29.4. The summed E-state index contributed by atoms with van der Waals surface area (Å²) in [6.07, 6.45) is 3.60. The smallest absolute Gasteiger partial charge is 0.272 e. The van der Waals surface area contributed by atoms with E-state index in [1.54, 1.807) is 0 Å². The van der Waals surface area contributed by atoms with E-state index in [1.165, 1.54) is 24.8 Å². The van der Waals surface area contributed by atoms with Crippen LogP contribution in [0.1, 0.15) is 60.8 Å². The van der Waals surface area contributed by atoms with Gasteiger partial charge in [0.15, 0.2) is 0 Å². The number of piperazine rings is 1. The van der Waals surface area contributed by atoms with E-state index in [9.17, 15) is 4.79 Å². The molecule has 0 bridgehead atoms. The van der Waals surface area contributed by atoms with Crippen LogP contribution < -0.4 is 4.90 Å². The van der Waals surface area contributed by atoms with Crippen molar-refractivity contribution < 1.29 is 4.79 Å². The fraction of sp³-hybridized carbons (Fsp3) is 0.542. The van der Waals surface area contributed by atoms with Gasteiger partial charge in [0.1, 0.15) is 5.69 Å². The van der Waals surface area contributed by atoms with E-state index < -0.39 is 0 Å². The minimum Gasteiger partial charge on any atom is -0.341 e. The van der Waals surface area contributed by atoms with Crippen molar-refractivity contribution in [2.75, 3.05) is 44.2 Å². The van der Waals surface area contributed by atoms with Gasteiger partial charge in [0, 0.05) is 51.5 Å². The van der Waals surface area contributed by atoms with E-state index in [2.05, 4.69) is 47.9 Å². The highest BCUT2D eigenvalue weighted by atomic mass is 16.2. The number of rotatable bonds is 5. The number of piperidine rings is 1. The van der Waals surface area contributed by atoms with Gasteiger partial charge in [0.25, 0.3) is 5.91 Å². The summed E-state index contributed by atoms with van der Waals surface area (Å²) >= 11 is 0. The number of hydrogen-bond donors (Lipinski definition) is 0. The Morgan fingerprint density at radius 3 is 2.30 bits per heavy atom. The maximum Gasteiger partial charge on any atom is 0.272 e. The van der Waals surface area contributed by atoms with Crippen LogP contribution in [0.25, 0.3) is 0 Å². The van der Waals surface area contributed by atoms with Crippen LogP contribution in [0, 0.1) is 0 Å². The van der Waals surface area contributed by atoms with Crippen LogP contribution in [-0.4, -0.2) is 64.9 Å². The summed E-state index contributed by atoms with van der Waals surface area (Å²) in [5, 5.41) is 0. The fourth-order valence-electron chi connectivity index (χ4n) is 4.21. The molecule has 1 amide bonds.